The molecule has 1 aromatic rings. The fourth-order valence-corrected chi connectivity index (χ4v) is 2.56. The molecule has 1 saturated heterocycles. The predicted octanol–water partition coefficient (Wildman–Crippen LogP) is 2.95. The second-order valence-electron chi connectivity index (χ2n) is 5.44. The monoisotopic (exact) mass is 281 g/mol. The third-order valence-electron chi connectivity index (χ3n) is 3.61. The normalized spacial score (nSPS) is 20.0. The van der Waals surface area contributed by atoms with Crippen LogP contribution in [-0.4, -0.2) is 44.4 Å². The predicted molar refractivity (Wildman–Crippen MR) is 77.6 cm³/mol. The quantitative estimate of drug-likeness (QED) is 0.717. The molecule has 0 amide bonds. The van der Waals surface area contributed by atoms with Crippen LogP contribution in [0.15, 0.2) is 24.3 Å². The zero-order valence-corrected chi connectivity index (χ0v) is 12.2. The standard InChI is InChI=1S/C16H24FNO2/c1-14-5-4-8-18(13-14)9-10-19-11-12-20-16-7-3-2-6-15(16)17/h2-3,6-7,14H,4-5,8-13H2,1H3/t14-/m1/s1. The minimum Gasteiger partial charge on any atom is -0.488 e. The highest BCUT2D eigenvalue weighted by atomic mass is 19.1. The van der Waals surface area contributed by atoms with E-state index in [4.69, 9.17) is 9.47 Å². The second kappa shape index (κ2) is 8.22. The van der Waals surface area contributed by atoms with Gasteiger partial charge in [-0.2, -0.15) is 0 Å². The Morgan fingerprint density at radius 2 is 2.10 bits per heavy atom. The SMILES string of the molecule is C[C@@H]1CCCN(CCOCCOc2ccccc2F)C1. The van der Waals surface area contributed by atoms with Crippen LogP contribution in [0.1, 0.15) is 19.8 Å². The van der Waals surface area contributed by atoms with Gasteiger partial charge in [0.05, 0.1) is 13.2 Å². The van der Waals surface area contributed by atoms with Crippen molar-refractivity contribution in [2.75, 3.05) is 39.5 Å². The molecule has 112 valence electrons. The number of likely N-dealkylation sites (tertiary alicyclic amines) is 1. The second-order valence-corrected chi connectivity index (χ2v) is 5.44. The highest BCUT2D eigenvalue weighted by Crippen LogP contribution is 2.15. The molecule has 0 radical (unpaired) electrons. The molecule has 0 N–H and O–H groups in total. The van der Waals surface area contributed by atoms with Gasteiger partial charge in [0, 0.05) is 13.1 Å². The number of benzene rings is 1. The first-order valence-corrected chi connectivity index (χ1v) is 7.43. The van der Waals surface area contributed by atoms with Crippen molar-refractivity contribution in [3.8, 4) is 5.75 Å². The molecule has 1 aliphatic rings. The molecule has 0 unspecified atom stereocenters. The molecule has 4 heteroatoms. The molecular formula is C16H24FNO2. The van der Waals surface area contributed by atoms with Gasteiger partial charge in [-0.25, -0.2) is 4.39 Å². The Hall–Kier alpha value is -1.13. The Morgan fingerprint density at radius 1 is 1.25 bits per heavy atom. The molecule has 1 aliphatic heterocycles. The van der Waals surface area contributed by atoms with E-state index in [0.717, 1.165) is 12.5 Å². The minimum absolute atomic E-state index is 0.293. The van der Waals surface area contributed by atoms with Crippen LogP contribution in [0.4, 0.5) is 4.39 Å². The maximum Gasteiger partial charge on any atom is 0.165 e. The number of rotatable bonds is 7. The highest BCUT2D eigenvalue weighted by Gasteiger charge is 2.15. The lowest BCUT2D eigenvalue weighted by molar-refractivity contribution is 0.0681. The first-order valence-electron chi connectivity index (χ1n) is 7.43. The van der Waals surface area contributed by atoms with Crippen LogP contribution in [-0.2, 0) is 4.74 Å². The van der Waals surface area contributed by atoms with E-state index >= 15 is 0 Å². The molecule has 0 aromatic heterocycles. The van der Waals surface area contributed by atoms with Crippen molar-refractivity contribution in [2.24, 2.45) is 5.92 Å². The summed E-state index contributed by atoms with van der Waals surface area (Å²) in [7, 11) is 0. The average molecular weight is 281 g/mol. The maximum atomic E-state index is 13.3. The summed E-state index contributed by atoms with van der Waals surface area (Å²) >= 11 is 0. The summed E-state index contributed by atoms with van der Waals surface area (Å²) in [5, 5.41) is 0. The molecule has 1 fully saturated rings. The van der Waals surface area contributed by atoms with E-state index in [1.165, 1.54) is 32.0 Å². The van der Waals surface area contributed by atoms with Crippen molar-refractivity contribution < 1.29 is 13.9 Å². The molecule has 0 bridgehead atoms. The number of ether oxygens (including phenoxy) is 2. The van der Waals surface area contributed by atoms with Crippen LogP contribution in [0.5, 0.6) is 5.75 Å². The van der Waals surface area contributed by atoms with E-state index < -0.39 is 0 Å². The van der Waals surface area contributed by atoms with Crippen LogP contribution in [0.2, 0.25) is 0 Å². The Morgan fingerprint density at radius 3 is 2.90 bits per heavy atom. The Kier molecular flexibility index (Phi) is 6.27. The number of halogens is 1. The number of nitrogens with zero attached hydrogens (tertiary/aromatic N) is 1. The van der Waals surface area contributed by atoms with Gasteiger partial charge in [-0.1, -0.05) is 19.1 Å². The molecule has 1 atom stereocenters. The molecule has 0 aliphatic carbocycles. The Labute approximate surface area is 120 Å². The number of para-hydroxylation sites is 1. The van der Waals surface area contributed by atoms with Gasteiger partial charge in [0.1, 0.15) is 6.61 Å². The van der Waals surface area contributed by atoms with E-state index in [1.807, 2.05) is 0 Å². The lowest BCUT2D eigenvalue weighted by atomic mass is 10.0. The van der Waals surface area contributed by atoms with Gasteiger partial charge in [0.15, 0.2) is 11.6 Å². The van der Waals surface area contributed by atoms with Crippen molar-refractivity contribution in [1.82, 2.24) is 4.90 Å². The van der Waals surface area contributed by atoms with Gasteiger partial charge in [0.25, 0.3) is 0 Å². The number of hydrogen-bond acceptors (Lipinski definition) is 3. The largest absolute Gasteiger partial charge is 0.488 e. The van der Waals surface area contributed by atoms with Crippen LogP contribution in [0.3, 0.4) is 0 Å². The highest BCUT2D eigenvalue weighted by molar-refractivity contribution is 5.23. The first-order chi connectivity index (χ1) is 9.75. The number of hydrogen-bond donors (Lipinski definition) is 0. The summed E-state index contributed by atoms with van der Waals surface area (Å²) < 4.78 is 24.1. The Balaban J connectivity index is 1.53. The molecule has 1 heterocycles. The minimum atomic E-state index is -0.324. The van der Waals surface area contributed by atoms with E-state index in [0.29, 0.717) is 25.6 Å². The van der Waals surface area contributed by atoms with Crippen molar-refractivity contribution >= 4 is 0 Å². The van der Waals surface area contributed by atoms with Gasteiger partial charge >= 0.3 is 0 Å². The molecule has 20 heavy (non-hydrogen) atoms. The van der Waals surface area contributed by atoms with Crippen LogP contribution in [0.25, 0.3) is 0 Å². The average Bonchev–Trinajstić information content (AvgIpc) is 2.44. The zero-order valence-electron chi connectivity index (χ0n) is 12.2. The van der Waals surface area contributed by atoms with E-state index in [2.05, 4.69) is 11.8 Å². The van der Waals surface area contributed by atoms with Crippen molar-refractivity contribution in [1.29, 1.82) is 0 Å². The molecule has 2 rings (SSSR count). The van der Waals surface area contributed by atoms with E-state index in [-0.39, 0.29) is 5.82 Å². The summed E-state index contributed by atoms with van der Waals surface area (Å²) in [6.45, 7) is 7.23. The molecular weight excluding hydrogens is 257 g/mol. The third-order valence-corrected chi connectivity index (χ3v) is 3.61. The smallest absolute Gasteiger partial charge is 0.165 e. The van der Waals surface area contributed by atoms with Gasteiger partial charge in [-0.05, 0) is 37.4 Å². The molecule has 0 saturated carbocycles. The lowest BCUT2D eigenvalue weighted by Gasteiger charge is -2.30. The van der Waals surface area contributed by atoms with Crippen LogP contribution >= 0.6 is 0 Å². The first kappa shape index (κ1) is 15.3. The van der Waals surface area contributed by atoms with Gasteiger partial charge in [0.2, 0.25) is 0 Å². The molecule has 0 spiro atoms. The Bertz CT molecular complexity index is 400. The summed E-state index contributed by atoms with van der Waals surface area (Å²) in [6, 6.07) is 6.44. The van der Waals surface area contributed by atoms with Crippen molar-refractivity contribution in [3.63, 3.8) is 0 Å². The summed E-state index contributed by atoms with van der Waals surface area (Å²) in [6.07, 6.45) is 2.63. The fraction of sp³-hybridized carbons (Fsp3) is 0.625. The summed E-state index contributed by atoms with van der Waals surface area (Å²) in [5.74, 6) is 0.767. The zero-order chi connectivity index (χ0) is 14.2. The van der Waals surface area contributed by atoms with Gasteiger partial charge in [-0.15, -0.1) is 0 Å². The third kappa shape index (κ3) is 5.10. The van der Waals surface area contributed by atoms with Crippen LogP contribution in [0, 0.1) is 11.7 Å². The fourth-order valence-electron chi connectivity index (χ4n) is 2.56. The molecule has 3 nitrogen and oxygen atoms in total. The number of piperidine rings is 1. The van der Waals surface area contributed by atoms with Crippen LogP contribution < -0.4 is 4.74 Å². The molecule has 1 aromatic carbocycles. The van der Waals surface area contributed by atoms with E-state index in [1.54, 1.807) is 18.2 Å². The summed E-state index contributed by atoms with van der Waals surface area (Å²) in [5.41, 5.74) is 0. The van der Waals surface area contributed by atoms with E-state index in [9.17, 15) is 4.39 Å². The topological polar surface area (TPSA) is 21.7 Å². The van der Waals surface area contributed by atoms with Gasteiger partial charge < -0.3 is 14.4 Å². The lowest BCUT2D eigenvalue weighted by Crippen LogP contribution is -2.36. The maximum absolute atomic E-state index is 13.3. The van der Waals surface area contributed by atoms with Crippen molar-refractivity contribution in [2.45, 2.75) is 19.8 Å². The van der Waals surface area contributed by atoms with Gasteiger partial charge in [-0.3, -0.25) is 0 Å². The summed E-state index contributed by atoms with van der Waals surface area (Å²) in [4.78, 5) is 2.45. The van der Waals surface area contributed by atoms with Crippen molar-refractivity contribution in [3.05, 3.63) is 30.1 Å².